The lowest BCUT2D eigenvalue weighted by Gasteiger charge is -2.32. The van der Waals surface area contributed by atoms with Crippen molar-refractivity contribution in [2.45, 2.75) is 53.5 Å². The Bertz CT molecular complexity index is 490. The molecule has 0 aromatic carbocycles. The maximum absolute atomic E-state index is 9.33. The van der Waals surface area contributed by atoms with Gasteiger partial charge in [-0.2, -0.15) is 0 Å². The molecule has 0 amide bonds. The molecule has 0 bridgehead atoms. The third-order valence-corrected chi connectivity index (χ3v) is 4.62. The minimum absolute atomic E-state index is 0. The number of nitrogens with zero attached hydrogens (tertiary/aromatic N) is 2. The van der Waals surface area contributed by atoms with E-state index in [0.29, 0.717) is 6.54 Å². The Labute approximate surface area is 163 Å². The molecule has 1 aromatic rings. The molecule has 6 heteroatoms. The number of aliphatic imine (C=N–C) groups is 1. The molecule has 0 saturated heterocycles. The van der Waals surface area contributed by atoms with Crippen LogP contribution < -0.4 is 10.6 Å². The summed E-state index contributed by atoms with van der Waals surface area (Å²) in [6, 6.07) is 4.00. The van der Waals surface area contributed by atoms with E-state index in [9.17, 15) is 5.11 Å². The van der Waals surface area contributed by atoms with Gasteiger partial charge in [0.05, 0.1) is 12.2 Å². The average Bonchev–Trinajstić information content (AvgIpc) is 2.57. The van der Waals surface area contributed by atoms with Crippen LogP contribution in [0.2, 0.25) is 0 Å². The molecule has 0 unspecified atom stereocenters. The number of hydrogen-bond donors (Lipinski definition) is 3. The number of aryl methyl sites for hydroxylation is 1. The number of aliphatic hydroxyl groups is 1. The molecule has 0 atom stereocenters. The zero-order chi connectivity index (χ0) is 17.1. The fourth-order valence-electron chi connectivity index (χ4n) is 2.63. The van der Waals surface area contributed by atoms with Crippen LogP contribution in [0.5, 0.6) is 0 Å². The van der Waals surface area contributed by atoms with Gasteiger partial charge in [0, 0.05) is 25.9 Å². The molecular weight excluding hydrogens is 415 g/mol. The summed E-state index contributed by atoms with van der Waals surface area (Å²) in [4.78, 5) is 9.03. The molecule has 0 radical (unpaired) electrons. The first-order valence-electron chi connectivity index (χ1n) is 8.64. The van der Waals surface area contributed by atoms with Gasteiger partial charge in [0.25, 0.3) is 0 Å². The molecule has 0 aliphatic rings. The van der Waals surface area contributed by atoms with Gasteiger partial charge in [-0.05, 0) is 50.2 Å². The summed E-state index contributed by atoms with van der Waals surface area (Å²) in [6.07, 6.45) is 4.69. The van der Waals surface area contributed by atoms with Crippen molar-refractivity contribution < 1.29 is 5.11 Å². The molecule has 1 rings (SSSR count). The first kappa shape index (κ1) is 23.1. The zero-order valence-electron chi connectivity index (χ0n) is 15.4. The quantitative estimate of drug-likeness (QED) is 0.308. The van der Waals surface area contributed by atoms with Crippen molar-refractivity contribution in [3.8, 4) is 0 Å². The Morgan fingerprint density at radius 2 is 1.96 bits per heavy atom. The highest BCUT2D eigenvalue weighted by molar-refractivity contribution is 14.0. The number of rotatable bonds is 9. The van der Waals surface area contributed by atoms with Gasteiger partial charge in [0.1, 0.15) is 0 Å². The van der Waals surface area contributed by atoms with Crippen LogP contribution >= 0.6 is 24.0 Å². The Kier molecular flexibility index (Phi) is 12.0. The minimum atomic E-state index is 0. The van der Waals surface area contributed by atoms with Gasteiger partial charge < -0.3 is 15.7 Å². The molecule has 1 aromatic heterocycles. The Hall–Kier alpha value is -0.890. The molecule has 5 nitrogen and oxygen atoms in total. The van der Waals surface area contributed by atoms with E-state index in [0.717, 1.165) is 49.6 Å². The molecule has 0 saturated carbocycles. The second kappa shape index (κ2) is 12.5. The van der Waals surface area contributed by atoms with E-state index in [1.54, 1.807) is 6.20 Å². The smallest absolute Gasteiger partial charge is 0.191 e. The summed E-state index contributed by atoms with van der Waals surface area (Å²) < 4.78 is 0. The summed E-state index contributed by atoms with van der Waals surface area (Å²) in [5, 5.41) is 16.1. The van der Waals surface area contributed by atoms with Crippen LogP contribution in [0.3, 0.4) is 0 Å². The molecule has 0 aliphatic heterocycles. The van der Waals surface area contributed by atoms with E-state index in [1.165, 1.54) is 0 Å². The van der Waals surface area contributed by atoms with Gasteiger partial charge in [-0.15, -0.1) is 24.0 Å². The maximum Gasteiger partial charge on any atom is 0.191 e. The van der Waals surface area contributed by atoms with Crippen LogP contribution in [0.15, 0.2) is 23.3 Å². The molecule has 138 valence electrons. The van der Waals surface area contributed by atoms with Crippen molar-refractivity contribution in [1.82, 2.24) is 15.6 Å². The van der Waals surface area contributed by atoms with Crippen molar-refractivity contribution in [1.29, 1.82) is 0 Å². The number of aromatic nitrogens is 1. The lowest BCUT2D eigenvalue weighted by Crippen LogP contribution is -2.43. The van der Waals surface area contributed by atoms with E-state index < -0.39 is 0 Å². The van der Waals surface area contributed by atoms with Crippen LogP contribution in [-0.4, -0.2) is 35.7 Å². The lowest BCUT2D eigenvalue weighted by atomic mass is 9.79. The zero-order valence-corrected chi connectivity index (χ0v) is 17.8. The van der Waals surface area contributed by atoms with E-state index >= 15 is 0 Å². The van der Waals surface area contributed by atoms with Crippen LogP contribution in [-0.2, 0) is 6.54 Å². The van der Waals surface area contributed by atoms with E-state index in [1.807, 2.05) is 6.07 Å². The van der Waals surface area contributed by atoms with Gasteiger partial charge in [-0.25, -0.2) is 4.99 Å². The number of nitrogens with one attached hydrogen (secondary N) is 2. The number of aliphatic hydroxyl groups excluding tert-OH is 1. The fourth-order valence-corrected chi connectivity index (χ4v) is 2.63. The highest BCUT2D eigenvalue weighted by atomic mass is 127. The molecule has 0 aliphatic carbocycles. The third-order valence-electron chi connectivity index (χ3n) is 4.62. The van der Waals surface area contributed by atoms with Gasteiger partial charge in [-0.1, -0.05) is 19.9 Å². The van der Waals surface area contributed by atoms with Crippen molar-refractivity contribution >= 4 is 29.9 Å². The number of guanidine groups is 1. The maximum atomic E-state index is 9.33. The monoisotopic (exact) mass is 448 g/mol. The van der Waals surface area contributed by atoms with Gasteiger partial charge >= 0.3 is 0 Å². The van der Waals surface area contributed by atoms with E-state index in [2.05, 4.69) is 54.4 Å². The predicted molar refractivity (Wildman–Crippen MR) is 112 cm³/mol. The summed E-state index contributed by atoms with van der Waals surface area (Å²) in [5.74, 6) is 0.807. The Morgan fingerprint density at radius 3 is 2.50 bits per heavy atom. The van der Waals surface area contributed by atoms with Crippen LogP contribution in [0.25, 0.3) is 0 Å². The molecule has 3 N–H and O–H groups in total. The summed E-state index contributed by atoms with van der Waals surface area (Å²) >= 11 is 0. The summed E-state index contributed by atoms with van der Waals surface area (Å²) in [6.45, 7) is 10.9. The second-order valence-electron chi connectivity index (χ2n) is 6.00. The highest BCUT2D eigenvalue weighted by Crippen LogP contribution is 2.29. The molecule has 1 heterocycles. The Balaban J connectivity index is 0.00000529. The molecule has 0 spiro atoms. The highest BCUT2D eigenvalue weighted by Gasteiger charge is 2.25. The van der Waals surface area contributed by atoms with Gasteiger partial charge in [-0.3, -0.25) is 4.98 Å². The topological polar surface area (TPSA) is 69.5 Å². The van der Waals surface area contributed by atoms with E-state index in [-0.39, 0.29) is 36.0 Å². The third kappa shape index (κ3) is 7.34. The predicted octanol–water partition coefficient (Wildman–Crippen LogP) is 3.25. The molecule has 0 fully saturated rings. The number of halogens is 1. The van der Waals surface area contributed by atoms with E-state index in [4.69, 9.17) is 0 Å². The summed E-state index contributed by atoms with van der Waals surface area (Å²) in [7, 11) is 0. The first-order chi connectivity index (χ1) is 11.1. The van der Waals surface area contributed by atoms with Gasteiger partial charge in [0.2, 0.25) is 0 Å². The fraction of sp³-hybridized carbons (Fsp3) is 0.667. The molecular formula is C18H33IN4O. The second-order valence-corrected chi connectivity index (χ2v) is 6.00. The number of pyridine rings is 1. The average molecular weight is 448 g/mol. The van der Waals surface area contributed by atoms with Crippen molar-refractivity contribution in [2.75, 3.05) is 19.7 Å². The van der Waals surface area contributed by atoms with Crippen molar-refractivity contribution in [3.05, 3.63) is 29.6 Å². The van der Waals surface area contributed by atoms with Gasteiger partial charge in [0.15, 0.2) is 5.96 Å². The SMILES string of the molecule is CCNC(=NCc1ncccc1C)NCC(CC)(CC)CCO.I. The lowest BCUT2D eigenvalue weighted by molar-refractivity contribution is 0.169. The van der Waals surface area contributed by atoms with Crippen LogP contribution in [0.4, 0.5) is 0 Å². The van der Waals surface area contributed by atoms with Crippen LogP contribution in [0, 0.1) is 12.3 Å². The standard InChI is InChI=1S/C18H32N4O.HI/c1-5-18(6-2,10-12-23)14-22-17(19-7-3)21-13-16-15(4)9-8-11-20-16;/h8-9,11,23H,5-7,10,12-14H2,1-4H3,(H2,19,21,22);1H. The normalized spacial score (nSPS) is 11.8. The first-order valence-corrected chi connectivity index (χ1v) is 8.64. The Morgan fingerprint density at radius 1 is 1.25 bits per heavy atom. The van der Waals surface area contributed by atoms with Crippen molar-refractivity contribution in [3.63, 3.8) is 0 Å². The van der Waals surface area contributed by atoms with Crippen LogP contribution in [0.1, 0.15) is 51.3 Å². The summed E-state index contributed by atoms with van der Waals surface area (Å²) in [5.41, 5.74) is 2.27. The largest absolute Gasteiger partial charge is 0.396 e. The van der Waals surface area contributed by atoms with Crippen molar-refractivity contribution in [2.24, 2.45) is 10.4 Å². The number of hydrogen-bond acceptors (Lipinski definition) is 3. The minimum Gasteiger partial charge on any atom is -0.396 e. The molecule has 24 heavy (non-hydrogen) atoms.